The molecule has 104 valence electrons. The van der Waals surface area contributed by atoms with Crippen LogP contribution in [0.25, 0.3) is 0 Å². The molecule has 0 bridgehead atoms. The second-order valence-corrected chi connectivity index (χ2v) is 4.37. The monoisotopic (exact) mass is 284 g/mol. The van der Waals surface area contributed by atoms with E-state index in [9.17, 15) is 9.59 Å². The maximum Gasteiger partial charge on any atom is 0.258 e. The molecule has 0 aliphatic heterocycles. The van der Waals surface area contributed by atoms with Gasteiger partial charge in [-0.3, -0.25) is 9.59 Å². The van der Waals surface area contributed by atoms with Crippen LogP contribution in [0.15, 0.2) is 18.2 Å². The molecule has 0 aromatic heterocycles. The van der Waals surface area contributed by atoms with Crippen LogP contribution < -0.4 is 15.4 Å². The molecule has 0 saturated carbocycles. The standard InChI is InChI=1S/C13H17ClN2O3/c1-3-15-12(17)7-16-13(18)8-19-11-5-4-10(14)6-9(11)2/h4-6H,3,7-8H2,1-2H3,(H,15,17)(H,16,18). The van der Waals surface area contributed by atoms with Crippen LogP contribution in [0.1, 0.15) is 12.5 Å². The first-order valence-corrected chi connectivity index (χ1v) is 6.33. The van der Waals surface area contributed by atoms with Gasteiger partial charge in [0, 0.05) is 11.6 Å². The average molecular weight is 285 g/mol. The summed E-state index contributed by atoms with van der Waals surface area (Å²) in [5.41, 5.74) is 0.851. The van der Waals surface area contributed by atoms with E-state index in [1.807, 2.05) is 13.8 Å². The first-order chi connectivity index (χ1) is 9.02. The van der Waals surface area contributed by atoms with E-state index in [0.29, 0.717) is 17.3 Å². The fourth-order valence-electron chi connectivity index (χ4n) is 1.41. The fourth-order valence-corrected chi connectivity index (χ4v) is 1.63. The minimum atomic E-state index is -0.347. The molecule has 19 heavy (non-hydrogen) atoms. The predicted molar refractivity (Wildman–Crippen MR) is 73.4 cm³/mol. The van der Waals surface area contributed by atoms with Crippen LogP contribution in [0.4, 0.5) is 0 Å². The zero-order chi connectivity index (χ0) is 14.3. The summed E-state index contributed by atoms with van der Waals surface area (Å²) >= 11 is 5.81. The molecule has 5 nitrogen and oxygen atoms in total. The summed E-state index contributed by atoms with van der Waals surface area (Å²) < 4.78 is 5.34. The van der Waals surface area contributed by atoms with Crippen molar-refractivity contribution in [1.29, 1.82) is 0 Å². The van der Waals surface area contributed by atoms with Crippen LogP contribution in [0.2, 0.25) is 5.02 Å². The van der Waals surface area contributed by atoms with Gasteiger partial charge in [0.1, 0.15) is 5.75 Å². The number of rotatable bonds is 6. The first-order valence-electron chi connectivity index (χ1n) is 5.95. The zero-order valence-electron chi connectivity index (χ0n) is 11.0. The van der Waals surface area contributed by atoms with Crippen LogP contribution in [0.5, 0.6) is 5.75 Å². The van der Waals surface area contributed by atoms with Gasteiger partial charge in [-0.2, -0.15) is 0 Å². The summed E-state index contributed by atoms with van der Waals surface area (Å²) in [5, 5.41) is 5.66. The number of halogens is 1. The highest BCUT2D eigenvalue weighted by molar-refractivity contribution is 6.30. The Labute approximate surface area is 117 Å². The highest BCUT2D eigenvalue weighted by atomic mass is 35.5. The number of ether oxygens (including phenoxy) is 1. The second-order valence-electron chi connectivity index (χ2n) is 3.93. The number of nitrogens with one attached hydrogen (secondary N) is 2. The van der Waals surface area contributed by atoms with Crippen molar-refractivity contribution in [3.05, 3.63) is 28.8 Å². The molecule has 1 aromatic rings. The molecule has 0 unspecified atom stereocenters. The maximum atomic E-state index is 11.5. The van der Waals surface area contributed by atoms with Crippen molar-refractivity contribution in [2.75, 3.05) is 19.7 Å². The zero-order valence-corrected chi connectivity index (χ0v) is 11.7. The smallest absolute Gasteiger partial charge is 0.258 e. The summed E-state index contributed by atoms with van der Waals surface area (Å²) in [7, 11) is 0. The number of amides is 2. The molecule has 0 fully saturated rings. The second kappa shape index (κ2) is 7.63. The van der Waals surface area contributed by atoms with Gasteiger partial charge in [0.15, 0.2) is 6.61 Å². The van der Waals surface area contributed by atoms with Crippen LogP contribution in [-0.4, -0.2) is 31.5 Å². The quantitative estimate of drug-likeness (QED) is 0.827. The van der Waals surface area contributed by atoms with Crippen LogP contribution in [-0.2, 0) is 9.59 Å². The molecule has 1 aromatic carbocycles. The minimum absolute atomic E-state index is 0.0460. The molecule has 0 heterocycles. The van der Waals surface area contributed by atoms with E-state index in [1.165, 1.54) is 0 Å². The Morgan fingerprint density at radius 3 is 2.63 bits per heavy atom. The van der Waals surface area contributed by atoms with Crippen LogP contribution in [0, 0.1) is 6.92 Å². The Balaban J connectivity index is 2.36. The van der Waals surface area contributed by atoms with Gasteiger partial charge in [-0.15, -0.1) is 0 Å². The van der Waals surface area contributed by atoms with E-state index in [1.54, 1.807) is 18.2 Å². The van der Waals surface area contributed by atoms with Crippen molar-refractivity contribution in [2.45, 2.75) is 13.8 Å². The van der Waals surface area contributed by atoms with E-state index in [2.05, 4.69) is 10.6 Å². The van der Waals surface area contributed by atoms with Gasteiger partial charge in [-0.25, -0.2) is 0 Å². The summed E-state index contributed by atoms with van der Waals surface area (Å²) in [6.45, 7) is 4.01. The Morgan fingerprint density at radius 1 is 1.26 bits per heavy atom. The lowest BCUT2D eigenvalue weighted by atomic mass is 10.2. The maximum absolute atomic E-state index is 11.5. The molecule has 6 heteroatoms. The number of aryl methyl sites for hydroxylation is 1. The molecule has 0 aliphatic rings. The molecule has 0 saturated heterocycles. The van der Waals surface area contributed by atoms with Gasteiger partial charge >= 0.3 is 0 Å². The Hall–Kier alpha value is -1.75. The molecular formula is C13H17ClN2O3. The third-order valence-electron chi connectivity index (χ3n) is 2.32. The average Bonchev–Trinajstić information content (AvgIpc) is 2.35. The van der Waals surface area contributed by atoms with E-state index < -0.39 is 0 Å². The van der Waals surface area contributed by atoms with Gasteiger partial charge in [0.25, 0.3) is 5.91 Å². The van der Waals surface area contributed by atoms with Gasteiger partial charge in [0.2, 0.25) is 5.91 Å². The largest absolute Gasteiger partial charge is 0.484 e. The van der Waals surface area contributed by atoms with Crippen molar-refractivity contribution in [3.8, 4) is 5.75 Å². The van der Waals surface area contributed by atoms with Crippen molar-refractivity contribution in [3.63, 3.8) is 0 Å². The van der Waals surface area contributed by atoms with Gasteiger partial charge < -0.3 is 15.4 Å². The molecular weight excluding hydrogens is 268 g/mol. The van der Waals surface area contributed by atoms with E-state index in [4.69, 9.17) is 16.3 Å². The molecule has 0 aliphatic carbocycles. The topological polar surface area (TPSA) is 67.4 Å². The summed E-state index contributed by atoms with van der Waals surface area (Å²) in [6.07, 6.45) is 0. The third kappa shape index (κ3) is 5.61. The number of likely N-dealkylation sites (N-methyl/N-ethyl adjacent to an activating group) is 1. The number of benzene rings is 1. The lowest BCUT2D eigenvalue weighted by Gasteiger charge is -2.09. The number of hydrogen-bond acceptors (Lipinski definition) is 3. The molecule has 0 spiro atoms. The lowest BCUT2D eigenvalue weighted by molar-refractivity contribution is -0.127. The normalized spacial score (nSPS) is 9.84. The molecule has 2 N–H and O–H groups in total. The van der Waals surface area contributed by atoms with Crippen molar-refractivity contribution in [2.24, 2.45) is 0 Å². The van der Waals surface area contributed by atoms with Gasteiger partial charge in [-0.1, -0.05) is 11.6 Å². The summed E-state index contributed by atoms with van der Waals surface area (Å²) in [4.78, 5) is 22.6. The van der Waals surface area contributed by atoms with Gasteiger partial charge in [-0.05, 0) is 37.6 Å². The van der Waals surface area contributed by atoms with Crippen LogP contribution >= 0.6 is 11.6 Å². The van der Waals surface area contributed by atoms with Crippen molar-refractivity contribution < 1.29 is 14.3 Å². The summed E-state index contributed by atoms with van der Waals surface area (Å²) in [6, 6.07) is 5.15. The van der Waals surface area contributed by atoms with Crippen molar-refractivity contribution >= 4 is 23.4 Å². The molecule has 0 atom stereocenters. The van der Waals surface area contributed by atoms with Crippen molar-refractivity contribution in [1.82, 2.24) is 10.6 Å². The van der Waals surface area contributed by atoms with Crippen LogP contribution in [0.3, 0.4) is 0 Å². The van der Waals surface area contributed by atoms with E-state index in [-0.39, 0.29) is 25.0 Å². The number of carbonyl (C=O) groups excluding carboxylic acids is 2. The van der Waals surface area contributed by atoms with Gasteiger partial charge in [0.05, 0.1) is 6.54 Å². The van der Waals surface area contributed by atoms with E-state index >= 15 is 0 Å². The Morgan fingerprint density at radius 2 is 2.00 bits per heavy atom. The number of carbonyl (C=O) groups is 2. The SMILES string of the molecule is CCNC(=O)CNC(=O)COc1ccc(Cl)cc1C. The lowest BCUT2D eigenvalue weighted by Crippen LogP contribution is -2.38. The third-order valence-corrected chi connectivity index (χ3v) is 2.55. The predicted octanol–water partition coefficient (Wildman–Crippen LogP) is 1.28. The fraction of sp³-hybridized carbons (Fsp3) is 0.385. The highest BCUT2D eigenvalue weighted by Crippen LogP contribution is 2.21. The molecule has 1 rings (SSSR count). The Bertz CT molecular complexity index is 463. The highest BCUT2D eigenvalue weighted by Gasteiger charge is 2.07. The summed E-state index contributed by atoms with van der Waals surface area (Å²) in [5.74, 6) is 0.0247. The Kier molecular flexibility index (Phi) is 6.15. The number of hydrogen-bond donors (Lipinski definition) is 2. The molecule has 0 radical (unpaired) electrons. The first kappa shape index (κ1) is 15.3. The molecule has 2 amide bonds. The van der Waals surface area contributed by atoms with E-state index in [0.717, 1.165) is 5.56 Å². The minimum Gasteiger partial charge on any atom is -0.484 e.